The van der Waals surface area contributed by atoms with Crippen LogP contribution in [0.15, 0.2) is 36.7 Å². The van der Waals surface area contributed by atoms with Crippen molar-refractivity contribution in [3.05, 3.63) is 57.5 Å². The molecule has 0 aliphatic rings. The minimum absolute atomic E-state index is 0.195. The van der Waals surface area contributed by atoms with E-state index in [0.29, 0.717) is 5.56 Å². The Morgan fingerprint density at radius 2 is 1.95 bits per heavy atom. The molecule has 0 radical (unpaired) electrons. The Hall–Kier alpha value is -2.74. The van der Waals surface area contributed by atoms with E-state index in [-0.39, 0.29) is 11.0 Å². The Balaban J connectivity index is 2.14. The molecule has 0 unspecified atom stereocenters. The summed E-state index contributed by atoms with van der Waals surface area (Å²) in [7, 11) is 0. The molecule has 2 N–H and O–H groups in total. The zero-order valence-electron chi connectivity index (χ0n) is 9.91. The van der Waals surface area contributed by atoms with Crippen LogP contribution in [-0.2, 0) is 0 Å². The van der Waals surface area contributed by atoms with Crippen molar-refractivity contribution in [3.63, 3.8) is 0 Å². The first kappa shape index (κ1) is 13.7. The van der Waals surface area contributed by atoms with Crippen LogP contribution in [0.5, 0.6) is 0 Å². The lowest BCUT2D eigenvalue weighted by Crippen LogP contribution is -2.30. The number of nitrogens with zero attached hydrogens (tertiary/aromatic N) is 3. The van der Waals surface area contributed by atoms with Gasteiger partial charge >= 0.3 is 5.69 Å². The van der Waals surface area contributed by atoms with Gasteiger partial charge in [-0.1, -0.05) is 29.8 Å². The highest BCUT2D eigenvalue weighted by atomic mass is 35.5. The molecule has 0 fully saturated rings. The van der Waals surface area contributed by atoms with Gasteiger partial charge in [0.2, 0.25) is 11.0 Å². The van der Waals surface area contributed by atoms with Crippen LogP contribution in [0.3, 0.4) is 0 Å². The number of carbonyl (C=O) groups is 1. The summed E-state index contributed by atoms with van der Waals surface area (Å²) in [6.07, 6.45) is 1.05. The Bertz CT molecular complexity index is 650. The predicted octanol–water partition coefficient (Wildman–Crippen LogP) is 1.80. The van der Waals surface area contributed by atoms with Crippen LogP contribution in [0.25, 0.3) is 0 Å². The molecule has 1 heterocycles. The number of amides is 1. The number of benzene rings is 1. The highest BCUT2D eigenvalue weighted by molar-refractivity contribution is 6.31. The first-order chi connectivity index (χ1) is 9.59. The van der Waals surface area contributed by atoms with E-state index in [2.05, 4.69) is 20.8 Å². The van der Waals surface area contributed by atoms with E-state index in [1.54, 1.807) is 30.3 Å². The van der Waals surface area contributed by atoms with Crippen LogP contribution in [0.4, 0.5) is 11.5 Å². The van der Waals surface area contributed by atoms with E-state index in [1.165, 1.54) is 0 Å². The topological polar surface area (TPSA) is 110 Å². The molecule has 1 aromatic heterocycles. The number of nitrogens with one attached hydrogen (secondary N) is 2. The van der Waals surface area contributed by atoms with Crippen molar-refractivity contribution in [2.24, 2.45) is 0 Å². The molecule has 20 heavy (non-hydrogen) atoms. The van der Waals surface area contributed by atoms with E-state index in [1.807, 2.05) is 0 Å². The Morgan fingerprint density at radius 3 is 2.60 bits per heavy atom. The first-order valence-electron chi connectivity index (χ1n) is 5.36. The first-order valence-corrected chi connectivity index (χ1v) is 5.73. The summed E-state index contributed by atoms with van der Waals surface area (Å²) in [5.41, 5.74) is 4.53. The number of hydrogen-bond acceptors (Lipinski definition) is 6. The van der Waals surface area contributed by atoms with Crippen LogP contribution in [0.1, 0.15) is 10.4 Å². The third kappa shape index (κ3) is 2.98. The summed E-state index contributed by atoms with van der Waals surface area (Å²) in [5, 5.41) is 10.5. The van der Waals surface area contributed by atoms with Crippen LogP contribution in [0, 0.1) is 10.1 Å². The number of hydrogen-bond donors (Lipinski definition) is 2. The van der Waals surface area contributed by atoms with Gasteiger partial charge in [-0.2, -0.15) is 0 Å². The lowest BCUT2D eigenvalue weighted by Gasteiger charge is -2.08. The quantitative estimate of drug-likeness (QED) is 0.505. The van der Waals surface area contributed by atoms with Gasteiger partial charge in [-0.25, -0.2) is 9.97 Å². The monoisotopic (exact) mass is 293 g/mol. The summed E-state index contributed by atoms with van der Waals surface area (Å²) in [6, 6.07) is 8.34. The molecule has 0 saturated heterocycles. The molecular formula is C11H8ClN5O3. The van der Waals surface area contributed by atoms with Crippen LogP contribution < -0.4 is 10.9 Å². The number of aromatic nitrogens is 2. The molecule has 2 rings (SSSR count). The predicted molar refractivity (Wildman–Crippen MR) is 71.2 cm³/mol. The summed E-state index contributed by atoms with van der Waals surface area (Å²) >= 11 is 5.61. The maximum Gasteiger partial charge on any atom is 0.350 e. The van der Waals surface area contributed by atoms with Crippen LogP contribution >= 0.6 is 11.6 Å². The number of carbonyl (C=O) groups excluding carboxylic acids is 1. The third-order valence-electron chi connectivity index (χ3n) is 2.29. The fourth-order valence-electron chi connectivity index (χ4n) is 1.39. The Kier molecular flexibility index (Phi) is 4.06. The van der Waals surface area contributed by atoms with E-state index < -0.39 is 16.5 Å². The van der Waals surface area contributed by atoms with Gasteiger partial charge in [-0.15, -0.1) is 0 Å². The molecule has 0 aliphatic heterocycles. The second kappa shape index (κ2) is 5.93. The summed E-state index contributed by atoms with van der Waals surface area (Å²) in [4.78, 5) is 29.0. The maximum absolute atomic E-state index is 11.8. The van der Waals surface area contributed by atoms with E-state index in [0.717, 1.165) is 6.33 Å². The minimum Gasteiger partial charge on any atom is -0.276 e. The summed E-state index contributed by atoms with van der Waals surface area (Å²) in [6.45, 7) is 0. The average molecular weight is 294 g/mol. The summed E-state index contributed by atoms with van der Waals surface area (Å²) < 4.78 is 0. The molecule has 8 nitrogen and oxygen atoms in total. The zero-order chi connectivity index (χ0) is 14.5. The van der Waals surface area contributed by atoms with Crippen LogP contribution in [0.2, 0.25) is 5.15 Å². The fraction of sp³-hybridized carbons (Fsp3) is 0. The van der Waals surface area contributed by atoms with Gasteiger partial charge in [0, 0.05) is 5.56 Å². The Morgan fingerprint density at radius 1 is 1.25 bits per heavy atom. The SMILES string of the molecule is O=C(NNc1ncnc(Cl)c1[N+](=O)[O-])c1ccccc1. The average Bonchev–Trinajstić information content (AvgIpc) is 2.45. The molecule has 1 amide bonds. The van der Waals surface area contributed by atoms with Gasteiger partial charge < -0.3 is 0 Å². The van der Waals surface area contributed by atoms with Crippen molar-refractivity contribution in [1.82, 2.24) is 15.4 Å². The smallest absolute Gasteiger partial charge is 0.276 e. The molecule has 2 aromatic rings. The van der Waals surface area contributed by atoms with Crippen molar-refractivity contribution in [2.75, 3.05) is 5.43 Å². The van der Waals surface area contributed by atoms with Crippen molar-refractivity contribution < 1.29 is 9.72 Å². The highest BCUT2D eigenvalue weighted by Crippen LogP contribution is 2.27. The second-order valence-electron chi connectivity index (χ2n) is 3.56. The van der Waals surface area contributed by atoms with Gasteiger partial charge in [0.1, 0.15) is 6.33 Å². The van der Waals surface area contributed by atoms with Crippen molar-refractivity contribution in [1.29, 1.82) is 0 Å². The van der Waals surface area contributed by atoms with Gasteiger partial charge in [0.05, 0.1) is 4.92 Å². The normalized spacial score (nSPS) is 9.85. The number of halogens is 1. The van der Waals surface area contributed by atoms with Crippen molar-refractivity contribution in [2.45, 2.75) is 0 Å². The van der Waals surface area contributed by atoms with E-state index in [4.69, 9.17) is 11.6 Å². The zero-order valence-corrected chi connectivity index (χ0v) is 10.7. The molecule has 9 heteroatoms. The molecule has 0 bridgehead atoms. The molecule has 0 saturated carbocycles. The highest BCUT2D eigenvalue weighted by Gasteiger charge is 2.21. The van der Waals surface area contributed by atoms with Crippen molar-refractivity contribution >= 4 is 29.0 Å². The minimum atomic E-state index is -0.737. The van der Waals surface area contributed by atoms with Gasteiger partial charge in [-0.3, -0.25) is 25.8 Å². The largest absolute Gasteiger partial charge is 0.350 e. The standard InChI is InChI=1S/C11H8ClN5O3/c12-9-8(17(19)20)10(14-6-13-9)15-16-11(18)7-4-2-1-3-5-7/h1-6H,(H,16,18)(H,13,14,15). The number of nitro groups is 1. The van der Waals surface area contributed by atoms with Gasteiger partial charge in [-0.05, 0) is 12.1 Å². The van der Waals surface area contributed by atoms with Gasteiger partial charge in [0.15, 0.2) is 0 Å². The fourth-order valence-corrected chi connectivity index (χ4v) is 1.59. The Labute approximate surface area is 117 Å². The molecule has 0 spiro atoms. The summed E-state index contributed by atoms with van der Waals surface area (Å²) in [5.74, 6) is -0.658. The molecular weight excluding hydrogens is 286 g/mol. The van der Waals surface area contributed by atoms with Crippen molar-refractivity contribution in [3.8, 4) is 0 Å². The lowest BCUT2D eigenvalue weighted by atomic mass is 10.2. The second-order valence-corrected chi connectivity index (χ2v) is 3.92. The van der Waals surface area contributed by atoms with E-state index >= 15 is 0 Å². The molecule has 0 atom stereocenters. The lowest BCUT2D eigenvalue weighted by molar-refractivity contribution is -0.384. The number of rotatable bonds is 4. The molecule has 102 valence electrons. The molecule has 0 aliphatic carbocycles. The molecule has 1 aromatic carbocycles. The van der Waals surface area contributed by atoms with Crippen LogP contribution in [-0.4, -0.2) is 20.8 Å². The number of hydrazine groups is 1. The third-order valence-corrected chi connectivity index (χ3v) is 2.57. The van der Waals surface area contributed by atoms with E-state index in [9.17, 15) is 14.9 Å². The maximum atomic E-state index is 11.8. The van der Waals surface area contributed by atoms with Gasteiger partial charge in [0.25, 0.3) is 5.91 Å². The number of anilines is 1.